The Balaban J connectivity index is 1.73. The van der Waals surface area contributed by atoms with E-state index in [2.05, 4.69) is 25.9 Å². The summed E-state index contributed by atoms with van der Waals surface area (Å²) in [5.74, 6) is 1.61. The van der Waals surface area contributed by atoms with Gasteiger partial charge in [0.2, 0.25) is 5.95 Å². The number of nitrogens with zero attached hydrogens (tertiary/aromatic N) is 7. The predicted molar refractivity (Wildman–Crippen MR) is 99.0 cm³/mol. The minimum Gasteiger partial charge on any atom is -0.382 e. The zero-order valence-electron chi connectivity index (χ0n) is 15.1. The molecule has 2 aliphatic rings. The van der Waals surface area contributed by atoms with Crippen molar-refractivity contribution < 1.29 is 0 Å². The number of piperidine rings is 1. The summed E-state index contributed by atoms with van der Waals surface area (Å²) in [6.45, 7) is 1.64. The highest BCUT2D eigenvalue weighted by Crippen LogP contribution is 2.45. The van der Waals surface area contributed by atoms with E-state index in [4.69, 9.17) is 10.7 Å². The first-order valence-electron chi connectivity index (χ1n) is 8.83. The van der Waals surface area contributed by atoms with Crippen molar-refractivity contribution in [2.24, 2.45) is 0 Å². The number of nitrogen functional groups attached to an aromatic ring is 1. The van der Waals surface area contributed by atoms with Crippen LogP contribution in [0.1, 0.15) is 36.1 Å². The molecule has 0 bridgehead atoms. The Bertz CT molecular complexity index is 883. The molecule has 1 fully saturated rings. The van der Waals surface area contributed by atoms with Crippen LogP contribution in [0.5, 0.6) is 0 Å². The number of rotatable bonds is 2. The summed E-state index contributed by atoms with van der Waals surface area (Å²) in [4.78, 5) is 21.8. The molecule has 8 nitrogen and oxygen atoms in total. The van der Waals surface area contributed by atoms with Crippen LogP contribution in [0.25, 0.3) is 0 Å². The monoisotopic (exact) mass is 350 g/mol. The average Bonchev–Trinajstić information content (AvgIpc) is 2.99. The largest absolute Gasteiger partial charge is 0.382 e. The van der Waals surface area contributed by atoms with E-state index in [0.717, 1.165) is 50.4 Å². The first-order chi connectivity index (χ1) is 12.5. The zero-order valence-corrected chi connectivity index (χ0v) is 15.1. The van der Waals surface area contributed by atoms with E-state index in [0.29, 0.717) is 11.4 Å². The number of nitriles is 1. The topological polar surface area (TPSA) is 108 Å². The average molecular weight is 350 g/mol. The highest BCUT2D eigenvalue weighted by Gasteiger charge is 2.44. The number of nitrogens with two attached hydrogens (primary N) is 1. The van der Waals surface area contributed by atoms with Crippen LogP contribution in [0.3, 0.4) is 0 Å². The molecule has 2 N–H and O–H groups in total. The van der Waals surface area contributed by atoms with Gasteiger partial charge < -0.3 is 15.5 Å². The third-order valence-electron chi connectivity index (χ3n) is 5.47. The molecule has 0 aromatic carbocycles. The summed E-state index contributed by atoms with van der Waals surface area (Å²) in [6, 6.07) is 2.16. The standard InChI is InChI=1S/C18H22N8/c1-25(2)17-21-9-12-4-6-18(14(12)24-17)5-3-7-26(10-18)16-13(8-19)15(20)22-11-23-16/h9,11H,3-7,10H2,1-2H3,(H2,20,22,23). The first kappa shape index (κ1) is 16.5. The number of hydrogen-bond acceptors (Lipinski definition) is 8. The molecule has 26 heavy (non-hydrogen) atoms. The van der Waals surface area contributed by atoms with Crippen molar-refractivity contribution in [2.75, 3.05) is 42.7 Å². The molecule has 1 spiro atoms. The van der Waals surface area contributed by atoms with Crippen LogP contribution in [-0.2, 0) is 11.8 Å². The Morgan fingerprint density at radius 3 is 2.88 bits per heavy atom. The van der Waals surface area contributed by atoms with Crippen molar-refractivity contribution in [2.45, 2.75) is 31.1 Å². The molecule has 1 unspecified atom stereocenters. The van der Waals surface area contributed by atoms with Crippen LogP contribution in [0.15, 0.2) is 12.5 Å². The fraction of sp³-hybridized carbons (Fsp3) is 0.500. The Kier molecular flexibility index (Phi) is 3.87. The highest BCUT2D eigenvalue weighted by molar-refractivity contribution is 5.64. The maximum Gasteiger partial charge on any atom is 0.225 e. The molecule has 4 rings (SSSR count). The van der Waals surface area contributed by atoms with Gasteiger partial charge >= 0.3 is 0 Å². The molecule has 1 aliphatic heterocycles. The van der Waals surface area contributed by atoms with Gasteiger partial charge in [-0.05, 0) is 31.2 Å². The molecular weight excluding hydrogens is 328 g/mol. The van der Waals surface area contributed by atoms with Crippen LogP contribution < -0.4 is 15.5 Å². The van der Waals surface area contributed by atoms with E-state index >= 15 is 0 Å². The lowest BCUT2D eigenvalue weighted by Crippen LogP contribution is -2.46. The van der Waals surface area contributed by atoms with Gasteiger partial charge in [0.15, 0.2) is 5.82 Å². The van der Waals surface area contributed by atoms with Crippen molar-refractivity contribution in [3.05, 3.63) is 29.3 Å². The fourth-order valence-corrected chi connectivity index (χ4v) is 4.19. The summed E-state index contributed by atoms with van der Waals surface area (Å²) in [6.07, 6.45) is 7.55. The first-order valence-corrected chi connectivity index (χ1v) is 8.83. The molecule has 2 aromatic rings. The third-order valence-corrected chi connectivity index (χ3v) is 5.47. The van der Waals surface area contributed by atoms with Gasteiger partial charge in [-0.15, -0.1) is 0 Å². The molecule has 8 heteroatoms. The third kappa shape index (κ3) is 2.51. The SMILES string of the molecule is CN(C)c1ncc2c(n1)C1(CCCN(c3ncnc(N)c3C#N)C1)CC2. The Morgan fingerprint density at radius 2 is 2.12 bits per heavy atom. The maximum absolute atomic E-state index is 9.48. The second kappa shape index (κ2) is 6.09. The molecule has 1 aliphatic carbocycles. The van der Waals surface area contributed by atoms with Gasteiger partial charge in [-0.25, -0.2) is 19.9 Å². The predicted octanol–water partition coefficient (Wildman–Crippen LogP) is 1.27. The number of anilines is 3. The minimum absolute atomic E-state index is 0.0201. The Hall–Kier alpha value is -2.95. The number of aryl methyl sites for hydroxylation is 1. The summed E-state index contributed by atoms with van der Waals surface area (Å²) < 4.78 is 0. The van der Waals surface area contributed by atoms with Crippen molar-refractivity contribution in [3.63, 3.8) is 0 Å². The summed E-state index contributed by atoms with van der Waals surface area (Å²) in [5, 5.41) is 9.48. The van der Waals surface area contributed by atoms with Crippen LogP contribution in [-0.4, -0.2) is 47.1 Å². The Labute approximate surface area is 152 Å². The van der Waals surface area contributed by atoms with Crippen molar-refractivity contribution in [1.29, 1.82) is 5.26 Å². The van der Waals surface area contributed by atoms with E-state index in [9.17, 15) is 5.26 Å². The van der Waals surface area contributed by atoms with E-state index in [1.165, 1.54) is 11.9 Å². The van der Waals surface area contributed by atoms with Crippen LogP contribution in [0.2, 0.25) is 0 Å². The van der Waals surface area contributed by atoms with Crippen molar-refractivity contribution >= 4 is 17.6 Å². The lowest BCUT2D eigenvalue weighted by atomic mass is 9.77. The van der Waals surface area contributed by atoms with Crippen LogP contribution in [0.4, 0.5) is 17.6 Å². The minimum atomic E-state index is -0.0201. The fourth-order valence-electron chi connectivity index (χ4n) is 4.19. The molecule has 0 radical (unpaired) electrons. The summed E-state index contributed by atoms with van der Waals surface area (Å²) >= 11 is 0. The van der Waals surface area contributed by atoms with E-state index in [1.807, 2.05) is 25.2 Å². The summed E-state index contributed by atoms with van der Waals surface area (Å²) in [7, 11) is 3.92. The van der Waals surface area contributed by atoms with Gasteiger partial charge in [0.1, 0.15) is 23.8 Å². The second-order valence-electron chi connectivity index (χ2n) is 7.31. The van der Waals surface area contributed by atoms with Crippen molar-refractivity contribution in [1.82, 2.24) is 19.9 Å². The quantitative estimate of drug-likeness (QED) is 0.863. The van der Waals surface area contributed by atoms with Crippen LogP contribution in [0, 0.1) is 11.3 Å². The van der Waals surface area contributed by atoms with Gasteiger partial charge in [-0.3, -0.25) is 0 Å². The van der Waals surface area contributed by atoms with Gasteiger partial charge in [-0.2, -0.15) is 5.26 Å². The lowest BCUT2D eigenvalue weighted by Gasteiger charge is -2.41. The van der Waals surface area contributed by atoms with Crippen molar-refractivity contribution in [3.8, 4) is 6.07 Å². The maximum atomic E-state index is 9.48. The van der Waals surface area contributed by atoms with E-state index in [-0.39, 0.29) is 11.2 Å². The number of hydrogen-bond donors (Lipinski definition) is 1. The smallest absolute Gasteiger partial charge is 0.225 e. The van der Waals surface area contributed by atoms with Crippen LogP contribution >= 0.6 is 0 Å². The van der Waals surface area contributed by atoms with E-state index in [1.54, 1.807) is 0 Å². The normalized spacial score (nSPS) is 21.5. The lowest BCUT2D eigenvalue weighted by molar-refractivity contribution is 0.333. The highest BCUT2D eigenvalue weighted by atomic mass is 15.2. The molecule has 134 valence electrons. The molecule has 0 saturated carbocycles. The number of fused-ring (bicyclic) bond motifs is 2. The molecule has 1 atom stereocenters. The molecule has 3 heterocycles. The zero-order chi connectivity index (χ0) is 18.3. The second-order valence-corrected chi connectivity index (χ2v) is 7.31. The van der Waals surface area contributed by atoms with Gasteiger partial charge in [0.25, 0.3) is 0 Å². The molecule has 2 aromatic heterocycles. The summed E-state index contributed by atoms with van der Waals surface area (Å²) in [5.41, 5.74) is 8.62. The number of aromatic nitrogens is 4. The van der Waals surface area contributed by atoms with Gasteiger partial charge in [0.05, 0.1) is 5.69 Å². The van der Waals surface area contributed by atoms with Gasteiger partial charge in [0, 0.05) is 38.8 Å². The van der Waals surface area contributed by atoms with Gasteiger partial charge in [-0.1, -0.05) is 0 Å². The molecule has 0 amide bonds. The Morgan fingerprint density at radius 1 is 1.27 bits per heavy atom. The van der Waals surface area contributed by atoms with E-state index < -0.39 is 0 Å². The molecule has 1 saturated heterocycles. The molecular formula is C18H22N8.